The number of aliphatic hydroxyl groups is 1. The Balaban J connectivity index is 2.08. The molecule has 0 saturated carbocycles. The second-order valence-electron chi connectivity index (χ2n) is 8.77. The molecule has 0 aliphatic carbocycles. The van der Waals surface area contributed by atoms with E-state index in [1.54, 1.807) is 36.4 Å². The number of phenolic OH excluding ortho intramolecular Hbond substituents is 1. The number of rotatable bonds is 9. The number of ether oxygens (including phenoxy) is 2. The van der Waals surface area contributed by atoms with Gasteiger partial charge in [0.05, 0.1) is 24.8 Å². The average molecular weight is 469 g/mol. The van der Waals surface area contributed by atoms with Gasteiger partial charge in [0, 0.05) is 12.1 Å². The molecule has 3 rings (SSSR count). The highest BCUT2D eigenvalue weighted by Gasteiger charge is 2.46. The second-order valence-corrected chi connectivity index (χ2v) is 8.77. The van der Waals surface area contributed by atoms with Crippen molar-refractivity contribution in [2.75, 3.05) is 34.3 Å². The van der Waals surface area contributed by atoms with Crippen molar-refractivity contribution in [3.8, 4) is 17.2 Å². The molecule has 8 heteroatoms. The number of methoxy groups -OCH3 is 1. The smallest absolute Gasteiger partial charge is 0.295 e. The van der Waals surface area contributed by atoms with Crippen LogP contribution in [0.5, 0.6) is 17.2 Å². The van der Waals surface area contributed by atoms with Gasteiger partial charge in [0.1, 0.15) is 11.5 Å². The van der Waals surface area contributed by atoms with Crippen LogP contribution in [-0.2, 0) is 9.59 Å². The van der Waals surface area contributed by atoms with Gasteiger partial charge in [-0.15, -0.1) is 0 Å². The minimum absolute atomic E-state index is 0.000115. The van der Waals surface area contributed by atoms with Crippen molar-refractivity contribution in [2.45, 2.75) is 32.4 Å². The molecule has 1 saturated heterocycles. The van der Waals surface area contributed by atoms with Gasteiger partial charge in [-0.1, -0.05) is 6.07 Å². The number of Topliss-reactive ketones (excluding diaryl/α,β-unsaturated/α-hetero) is 1. The van der Waals surface area contributed by atoms with E-state index >= 15 is 0 Å². The maximum absolute atomic E-state index is 13.1. The number of aromatic hydroxyl groups is 1. The van der Waals surface area contributed by atoms with Gasteiger partial charge in [0.25, 0.3) is 11.7 Å². The molecule has 34 heavy (non-hydrogen) atoms. The van der Waals surface area contributed by atoms with Crippen molar-refractivity contribution in [2.24, 2.45) is 0 Å². The number of likely N-dealkylation sites (tertiary alicyclic amines) is 1. The molecule has 1 atom stereocenters. The molecule has 0 spiro atoms. The highest BCUT2D eigenvalue weighted by Crippen LogP contribution is 2.41. The fraction of sp³-hybridized carbons (Fsp3) is 0.385. The number of benzene rings is 2. The molecule has 2 aromatic carbocycles. The third-order valence-corrected chi connectivity index (χ3v) is 5.56. The largest absolute Gasteiger partial charge is 0.507 e. The van der Waals surface area contributed by atoms with Crippen LogP contribution >= 0.6 is 0 Å². The van der Waals surface area contributed by atoms with Gasteiger partial charge in [-0.3, -0.25) is 9.59 Å². The summed E-state index contributed by atoms with van der Waals surface area (Å²) in [7, 11) is 5.29. The summed E-state index contributed by atoms with van der Waals surface area (Å²) in [5, 5.41) is 21.2. The Kier molecular flexibility index (Phi) is 7.83. The van der Waals surface area contributed by atoms with E-state index in [9.17, 15) is 19.8 Å². The highest BCUT2D eigenvalue weighted by atomic mass is 16.5. The minimum atomic E-state index is -0.816. The molecule has 8 nitrogen and oxygen atoms in total. The first-order valence-electron chi connectivity index (χ1n) is 11.2. The molecule has 0 radical (unpaired) electrons. The maximum atomic E-state index is 13.1. The summed E-state index contributed by atoms with van der Waals surface area (Å²) in [5.41, 5.74) is 0.957. The minimum Gasteiger partial charge on any atom is -0.507 e. The lowest BCUT2D eigenvalue weighted by Crippen LogP contribution is -2.32. The molecule has 182 valence electrons. The average Bonchev–Trinajstić information content (AvgIpc) is 3.04. The first kappa shape index (κ1) is 25.1. The summed E-state index contributed by atoms with van der Waals surface area (Å²) in [6.45, 7) is 4.88. The number of amides is 1. The lowest BCUT2D eigenvalue weighted by molar-refractivity contribution is -0.139. The highest BCUT2D eigenvalue weighted by molar-refractivity contribution is 6.46. The van der Waals surface area contributed by atoms with Gasteiger partial charge in [-0.2, -0.15) is 0 Å². The van der Waals surface area contributed by atoms with Gasteiger partial charge in [0.2, 0.25) is 0 Å². The summed E-state index contributed by atoms with van der Waals surface area (Å²) in [6.07, 6.45) is 0.643. The number of nitrogens with zero attached hydrogens (tertiary/aromatic N) is 2. The van der Waals surface area contributed by atoms with E-state index in [2.05, 4.69) is 0 Å². The Morgan fingerprint density at radius 2 is 1.79 bits per heavy atom. The van der Waals surface area contributed by atoms with E-state index in [1.165, 1.54) is 18.1 Å². The second kappa shape index (κ2) is 10.6. The number of aliphatic hydroxyl groups excluding tert-OH is 1. The molecule has 1 heterocycles. The van der Waals surface area contributed by atoms with E-state index in [4.69, 9.17) is 9.47 Å². The Morgan fingerprint density at radius 1 is 1.12 bits per heavy atom. The molecule has 0 unspecified atom stereocenters. The van der Waals surface area contributed by atoms with Crippen LogP contribution in [0.3, 0.4) is 0 Å². The summed E-state index contributed by atoms with van der Waals surface area (Å²) < 4.78 is 10.9. The standard InChI is InChI=1S/C26H32N2O6/c1-16(2)34-19-10-7-17(8-11-19)24(30)22-23(18-9-12-20(29)21(15-18)33-5)28(26(32)25(22)31)14-6-13-27(3)4/h7-12,15-16,23,29-30H,6,13-14H2,1-5H3/b24-22+/t23-/m0/s1. The van der Waals surface area contributed by atoms with Crippen LogP contribution in [0.15, 0.2) is 48.0 Å². The van der Waals surface area contributed by atoms with Crippen LogP contribution in [0, 0.1) is 0 Å². The monoisotopic (exact) mass is 468 g/mol. The summed E-state index contributed by atoms with van der Waals surface area (Å²) in [5.74, 6) is -0.890. The number of phenols is 1. The number of carbonyl (C=O) groups is 2. The zero-order chi connectivity index (χ0) is 25.0. The van der Waals surface area contributed by atoms with Crippen molar-refractivity contribution in [3.05, 3.63) is 59.2 Å². The summed E-state index contributed by atoms with van der Waals surface area (Å²) in [6, 6.07) is 10.6. The first-order chi connectivity index (χ1) is 16.1. The van der Waals surface area contributed by atoms with Crippen molar-refractivity contribution < 1.29 is 29.3 Å². The lowest BCUT2D eigenvalue weighted by atomic mass is 9.95. The molecule has 1 aliphatic rings. The lowest BCUT2D eigenvalue weighted by Gasteiger charge is -2.26. The molecule has 1 aliphatic heterocycles. The van der Waals surface area contributed by atoms with Crippen LogP contribution in [0.25, 0.3) is 5.76 Å². The number of hydrogen-bond donors (Lipinski definition) is 2. The summed E-state index contributed by atoms with van der Waals surface area (Å²) >= 11 is 0. The van der Waals surface area contributed by atoms with E-state index in [-0.39, 0.29) is 28.9 Å². The van der Waals surface area contributed by atoms with Gasteiger partial charge in [-0.25, -0.2) is 0 Å². The van der Waals surface area contributed by atoms with Crippen LogP contribution in [-0.4, -0.2) is 72.1 Å². The normalized spacial score (nSPS) is 17.6. The van der Waals surface area contributed by atoms with Crippen molar-refractivity contribution >= 4 is 17.4 Å². The molecule has 2 N–H and O–H groups in total. The van der Waals surface area contributed by atoms with Crippen molar-refractivity contribution in [1.82, 2.24) is 9.80 Å². The number of carbonyl (C=O) groups excluding carboxylic acids is 2. The Morgan fingerprint density at radius 3 is 2.38 bits per heavy atom. The first-order valence-corrected chi connectivity index (χ1v) is 11.2. The van der Waals surface area contributed by atoms with Crippen LogP contribution < -0.4 is 9.47 Å². The topological polar surface area (TPSA) is 99.5 Å². The molecular formula is C26H32N2O6. The van der Waals surface area contributed by atoms with Gasteiger partial charge in [-0.05, 0) is 82.9 Å². The van der Waals surface area contributed by atoms with Crippen molar-refractivity contribution in [3.63, 3.8) is 0 Å². The molecule has 2 aromatic rings. The van der Waals surface area contributed by atoms with Crippen LogP contribution in [0.4, 0.5) is 0 Å². The van der Waals surface area contributed by atoms with Crippen LogP contribution in [0.1, 0.15) is 37.4 Å². The SMILES string of the molecule is COc1cc([C@H]2/C(=C(\O)c3ccc(OC(C)C)cc3)C(=O)C(=O)N2CCCN(C)C)ccc1O. The van der Waals surface area contributed by atoms with E-state index < -0.39 is 17.7 Å². The molecular weight excluding hydrogens is 436 g/mol. The Hall–Kier alpha value is -3.52. The molecule has 0 aromatic heterocycles. The molecule has 0 bridgehead atoms. The van der Waals surface area contributed by atoms with Gasteiger partial charge in [0.15, 0.2) is 11.5 Å². The van der Waals surface area contributed by atoms with Gasteiger partial charge < -0.3 is 29.5 Å². The van der Waals surface area contributed by atoms with E-state index in [1.807, 2.05) is 32.8 Å². The Bertz CT molecular complexity index is 1080. The van der Waals surface area contributed by atoms with E-state index in [0.717, 1.165) is 6.54 Å². The predicted octanol–water partition coefficient (Wildman–Crippen LogP) is 3.56. The summed E-state index contributed by atoms with van der Waals surface area (Å²) in [4.78, 5) is 29.6. The van der Waals surface area contributed by atoms with Crippen molar-refractivity contribution in [1.29, 1.82) is 0 Å². The predicted molar refractivity (Wildman–Crippen MR) is 129 cm³/mol. The Labute approximate surface area is 200 Å². The molecule has 1 fully saturated rings. The number of hydrogen-bond acceptors (Lipinski definition) is 7. The maximum Gasteiger partial charge on any atom is 0.295 e. The third kappa shape index (κ3) is 5.34. The van der Waals surface area contributed by atoms with Gasteiger partial charge >= 0.3 is 0 Å². The zero-order valence-electron chi connectivity index (χ0n) is 20.2. The quantitative estimate of drug-likeness (QED) is 0.330. The third-order valence-electron chi connectivity index (χ3n) is 5.56. The number of ketones is 1. The van der Waals surface area contributed by atoms with E-state index in [0.29, 0.717) is 29.8 Å². The zero-order valence-corrected chi connectivity index (χ0v) is 20.2. The molecule has 1 amide bonds. The van der Waals surface area contributed by atoms with Crippen LogP contribution in [0.2, 0.25) is 0 Å². The fourth-order valence-corrected chi connectivity index (χ4v) is 4.00. The fourth-order valence-electron chi connectivity index (χ4n) is 4.00.